The molecule has 0 aromatic heterocycles. The molecule has 3 saturated heterocycles. The van der Waals surface area contributed by atoms with E-state index in [4.69, 9.17) is 23.7 Å². The van der Waals surface area contributed by atoms with E-state index in [0.717, 1.165) is 32.0 Å². The van der Waals surface area contributed by atoms with Crippen LogP contribution in [0, 0.1) is 22.2 Å². The summed E-state index contributed by atoms with van der Waals surface area (Å²) in [4.78, 5) is 24.4. The van der Waals surface area contributed by atoms with Gasteiger partial charge in [-0.2, -0.15) is 0 Å². The van der Waals surface area contributed by atoms with Crippen LogP contribution >= 0.6 is 0 Å². The van der Waals surface area contributed by atoms with Crippen LogP contribution in [-0.4, -0.2) is 64.8 Å². The minimum Gasteiger partial charge on any atom is -0.461 e. The zero-order chi connectivity index (χ0) is 29.8. The lowest BCUT2D eigenvalue weighted by molar-refractivity contribution is -0.140. The second-order valence-electron chi connectivity index (χ2n) is 12.7. The first-order valence-corrected chi connectivity index (χ1v) is 16.0. The van der Waals surface area contributed by atoms with Crippen molar-refractivity contribution in [2.24, 2.45) is 22.2 Å². The van der Waals surface area contributed by atoms with Crippen LogP contribution in [0.3, 0.4) is 0 Å². The summed E-state index contributed by atoms with van der Waals surface area (Å²) >= 11 is 0. The predicted molar refractivity (Wildman–Crippen MR) is 160 cm³/mol. The third kappa shape index (κ3) is 9.26. The molecule has 0 saturated carbocycles. The lowest BCUT2D eigenvalue weighted by Crippen LogP contribution is -2.46. The standard InChI is InChI=1S/C20H26O6.C14H28O/c1-3-19(9-23-10-19)13-25-17(21)15-5-7-16(8-6-15)18(22)26-14-20(4-2)11-24-12-20;1-4-7-8-13(5-2)9-10-14(6-3)11-15-12-14/h5-8H,3-4,9-14H2,1-2H3;13H,4-12H2,1-3H3. The Morgan fingerprint density at radius 1 is 0.683 bits per heavy atom. The molecule has 7 heteroatoms. The van der Waals surface area contributed by atoms with Crippen LogP contribution in [0.25, 0.3) is 0 Å². The van der Waals surface area contributed by atoms with Gasteiger partial charge in [-0.3, -0.25) is 0 Å². The van der Waals surface area contributed by atoms with Gasteiger partial charge in [-0.25, -0.2) is 9.59 Å². The molecule has 0 radical (unpaired) electrons. The Balaban J connectivity index is 0.000000263. The fraction of sp³-hybridized carbons (Fsp3) is 0.765. The van der Waals surface area contributed by atoms with E-state index in [2.05, 4.69) is 34.6 Å². The zero-order valence-electron chi connectivity index (χ0n) is 26.3. The smallest absolute Gasteiger partial charge is 0.338 e. The number of hydrogen-bond acceptors (Lipinski definition) is 7. The molecular formula is C34H54O7. The first kappa shape index (κ1) is 33.5. The van der Waals surface area contributed by atoms with Crippen LogP contribution in [0.4, 0.5) is 0 Å². The average molecular weight is 575 g/mol. The molecule has 3 fully saturated rings. The molecule has 0 spiro atoms. The van der Waals surface area contributed by atoms with Gasteiger partial charge in [-0.15, -0.1) is 0 Å². The van der Waals surface area contributed by atoms with Gasteiger partial charge in [0.05, 0.1) is 61.6 Å². The first-order chi connectivity index (χ1) is 19.8. The van der Waals surface area contributed by atoms with Gasteiger partial charge in [-0.05, 0) is 62.3 Å². The van der Waals surface area contributed by atoms with Crippen LogP contribution in [0.1, 0.15) is 113 Å². The summed E-state index contributed by atoms with van der Waals surface area (Å²) in [5.41, 5.74) is 1.33. The molecule has 3 aliphatic heterocycles. The SMILES string of the molecule is CCC1(COC(=O)c2ccc(C(=O)OCC3(CC)COC3)cc2)COC1.CCCCC(CC)CCC1(CC)COC1. The Kier molecular flexibility index (Phi) is 13.1. The highest BCUT2D eigenvalue weighted by Crippen LogP contribution is 2.38. The van der Waals surface area contributed by atoms with E-state index in [1.54, 1.807) is 24.3 Å². The second kappa shape index (κ2) is 16.0. The Labute approximate surface area is 248 Å². The van der Waals surface area contributed by atoms with E-state index < -0.39 is 0 Å². The number of carbonyl (C=O) groups excluding carboxylic acids is 2. The normalized spacial score (nSPS) is 20.2. The zero-order valence-corrected chi connectivity index (χ0v) is 26.3. The van der Waals surface area contributed by atoms with Crippen LogP contribution in [0.15, 0.2) is 24.3 Å². The summed E-state index contributed by atoms with van der Waals surface area (Å²) in [6.45, 7) is 16.4. The van der Waals surface area contributed by atoms with E-state index in [-0.39, 0.29) is 22.8 Å². The minimum atomic E-state index is -0.388. The predicted octanol–water partition coefficient (Wildman–Crippen LogP) is 7.26. The van der Waals surface area contributed by atoms with E-state index in [1.807, 2.05) is 0 Å². The molecule has 232 valence electrons. The third-order valence-corrected chi connectivity index (χ3v) is 9.70. The van der Waals surface area contributed by atoms with Crippen LogP contribution in [-0.2, 0) is 23.7 Å². The van der Waals surface area contributed by atoms with Crippen molar-refractivity contribution in [2.45, 2.75) is 92.4 Å². The Morgan fingerprint density at radius 3 is 1.39 bits per heavy atom. The molecule has 0 N–H and O–H groups in total. The number of rotatable bonds is 16. The van der Waals surface area contributed by atoms with Crippen molar-refractivity contribution in [3.05, 3.63) is 35.4 Å². The van der Waals surface area contributed by atoms with Gasteiger partial charge in [0, 0.05) is 5.41 Å². The van der Waals surface area contributed by atoms with Crippen molar-refractivity contribution < 1.29 is 33.3 Å². The topological polar surface area (TPSA) is 80.3 Å². The van der Waals surface area contributed by atoms with E-state index in [0.29, 0.717) is 56.2 Å². The monoisotopic (exact) mass is 574 g/mol. The van der Waals surface area contributed by atoms with Gasteiger partial charge >= 0.3 is 11.9 Å². The lowest BCUT2D eigenvalue weighted by atomic mass is 9.76. The van der Waals surface area contributed by atoms with Crippen molar-refractivity contribution in [3.8, 4) is 0 Å². The second-order valence-corrected chi connectivity index (χ2v) is 12.7. The number of unbranched alkanes of at least 4 members (excludes halogenated alkanes) is 1. The number of hydrogen-bond donors (Lipinski definition) is 0. The van der Waals surface area contributed by atoms with E-state index in [1.165, 1.54) is 44.9 Å². The molecule has 4 rings (SSSR count). The van der Waals surface area contributed by atoms with Gasteiger partial charge in [-0.1, -0.05) is 60.3 Å². The van der Waals surface area contributed by atoms with Crippen molar-refractivity contribution in [1.29, 1.82) is 0 Å². The fourth-order valence-corrected chi connectivity index (χ4v) is 5.38. The van der Waals surface area contributed by atoms with Gasteiger partial charge < -0.3 is 23.7 Å². The first-order valence-electron chi connectivity index (χ1n) is 16.0. The van der Waals surface area contributed by atoms with E-state index in [9.17, 15) is 9.59 Å². The third-order valence-electron chi connectivity index (χ3n) is 9.70. The van der Waals surface area contributed by atoms with Gasteiger partial charge in [0.1, 0.15) is 13.2 Å². The molecular weight excluding hydrogens is 520 g/mol. The summed E-state index contributed by atoms with van der Waals surface area (Å²) < 4.78 is 26.6. The highest BCUT2D eigenvalue weighted by molar-refractivity contribution is 5.93. The molecule has 1 aromatic rings. The van der Waals surface area contributed by atoms with Gasteiger partial charge in [0.25, 0.3) is 0 Å². The molecule has 7 nitrogen and oxygen atoms in total. The molecule has 3 aliphatic rings. The molecule has 1 atom stereocenters. The van der Waals surface area contributed by atoms with Crippen LogP contribution in [0.2, 0.25) is 0 Å². The molecule has 1 unspecified atom stereocenters. The van der Waals surface area contributed by atoms with Crippen molar-refractivity contribution >= 4 is 11.9 Å². The Morgan fingerprint density at radius 2 is 1.10 bits per heavy atom. The maximum absolute atomic E-state index is 12.2. The Hall–Kier alpha value is -1.96. The lowest BCUT2D eigenvalue weighted by Gasteiger charge is -2.41. The summed E-state index contributed by atoms with van der Waals surface area (Å²) in [6.07, 6.45) is 11.5. The van der Waals surface area contributed by atoms with Crippen LogP contribution < -0.4 is 0 Å². The molecule has 0 bridgehead atoms. The molecule has 0 amide bonds. The maximum Gasteiger partial charge on any atom is 0.338 e. The van der Waals surface area contributed by atoms with E-state index >= 15 is 0 Å². The summed E-state index contributed by atoms with van der Waals surface area (Å²) in [6, 6.07) is 6.38. The highest BCUT2D eigenvalue weighted by Gasteiger charge is 2.39. The minimum absolute atomic E-state index is 0.0418. The fourth-order valence-electron chi connectivity index (χ4n) is 5.38. The summed E-state index contributed by atoms with van der Waals surface area (Å²) in [5.74, 6) is 0.191. The maximum atomic E-state index is 12.2. The van der Waals surface area contributed by atoms with Crippen molar-refractivity contribution in [3.63, 3.8) is 0 Å². The molecule has 41 heavy (non-hydrogen) atoms. The summed E-state index contributed by atoms with van der Waals surface area (Å²) in [7, 11) is 0. The Bertz CT molecular complexity index is 855. The van der Waals surface area contributed by atoms with Gasteiger partial charge in [0.2, 0.25) is 0 Å². The van der Waals surface area contributed by atoms with Crippen molar-refractivity contribution in [1.82, 2.24) is 0 Å². The van der Waals surface area contributed by atoms with Crippen LogP contribution in [0.5, 0.6) is 0 Å². The number of carbonyl (C=O) groups is 2. The number of benzene rings is 1. The summed E-state index contributed by atoms with van der Waals surface area (Å²) in [5, 5.41) is 0. The molecule has 1 aromatic carbocycles. The quantitative estimate of drug-likeness (QED) is 0.192. The molecule has 3 heterocycles. The van der Waals surface area contributed by atoms with Crippen molar-refractivity contribution in [2.75, 3.05) is 52.9 Å². The number of esters is 2. The van der Waals surface area contributed by atoms with Gasteiger partial charge in [0.15, 0.2) is 0 Å². The largest absolute Gasteiger partial charge is 0.461 e. The highest BCUT2D eigenvalue weighted by atomic mass is 16.6. The molecule has 0 aliphatic carbocycles. The number of ether oxygens (including phenoxy) is 5. The average Bonchev–Trinajstić information content (AvgIpc) is 2.93.